The molecule has 1 aliphatic heterocycles. The predicted molar refractivity (Wildman–Crippen MR) is 128 cm³/mol. The fourth-order valence-corrected chi connectivity index (χ4v) is 4.75. The van der Waals surface area contributed by atoms with E-state index in [0.29, 0.717) is 6.42 Å². The van der Waals surface area contributed by atoms with E-state index in [0.717, 1.165) is 40.9 Å². The van der Waals surface area contributed by atoms with Gasteiger partial charge in [0, 0.05) is 36.3 Å². The van der Waals surface area contributed by atoms with E-state index in [1.54, 1.807) is 0 Å². The summed E-state index contributed by atoms with van der Waals surface area (Å²) in [6.45, 7) is 2.12. The van der Waals surface area contributed by atoms with Gasteiger partial charge in [-0.15, -0.1) is 0 Å². The minimum Gasteiger partial charge on any atom is -0.371 e. The van der Waals surface area contributed by atoms with E-state index in [1.165, 1.54) is 30.5 Å². The van der Waals surface area contributed by atoms with Gasteiger partial charge in [-0.05, 0) is 47.6 Å². The Bertz CT molecular complexity index is 1140. The van der Waals surface area contributed by atoms with Gasteiger partial charge in [0.2, 0.25) is 0 Å². The quantitative estimate of drug-likeness (QED) is 0.468. The van der Waals surface area contributed by atoms with Crippen molar-refractivity contribution in [1.29, 1.82) is 0 Å². The summed E-state index contributed by atoms with van der Waals surface area (Å²) in [4.78, 5) is 15.9. The Morgan fingerprint density at radius 1 is 0.710 bits per heavy atom. The van der Waals surface area contributed by atoms with Crippen molar-refractivity contribution in [1.82, 2.24) is 4.90 Å². The van der Waals surface area contributed by atoms with Crippen LogP contribution >= 0.6 is 0 Å². The number of hydrogen-bond acceptors (Lipinski definition) is 2. The highest BCUT2D eigenvalue weighted by molar-refractivity contribution is 6.18. The lowest BCUT2D eigenvalue weighted by atomic mass is 9.94. The first-order valence-electron chi connectivity index (χ1n) is 11.2. The summed E-state index contributed by atoms with van der Waals surface area (Å²) < 4.78 is 0. The normalized spacial score (nSPS) is 18.1. The van der Waals surface area contributed by atoms with Crippen LogP contribution in [0.15, 0.2) is 96.6 Å². The molecule has 1 saturated heterocycles. The van der Waals surface area contributed by atoms with E-state index in [4.69, 9.17) is 0 Å². The molecule has 0 bridgehead atoms. The highest BCUT2D eigenvalue weighted by Crippen LogP contribution is 2.35. The molecule has 5 rings (SSSR count). The predicted octanol–water partition coefficient (Wildman–Crippen LogP) is 6.41. The van der Waals surface area contributed by atoms with Crippen LogP contribution in [0.5, 0.6) is 0 Å². The molecule has 3 aromatic carbocycles. The largest absolute Gasteiger partial charge is 0.371 e. The zero-order chi connectivity index (χ0) is 21.0. The monoisotopic (exact) mass is 405 g/mol. The van der Waals surface area contributed by atoms with Crippen molar-refractivity contribution < 1.29 is 4.79 Å². The van der Waals surface area contributed by atoms with Crippen LogP contribution in [-0.2, 0) is 6.42 Å². The van der Waals surface area contributed by atoms with E-state index < -0.39 is 0 Å². The lowest BCUT2D eigenvalue weighted by molar-refractivity contribution is 0.104. The van der Waals surface area contributed by atoms with E-state index >= 15 is 0 Å². The number of carbonyl (C=O) groups is 1. The summed E-state index contributed by atoms with van der Waals surface area (Å²) in [7, 11) is 0. The Hall–Kier alpha value is -3.39. The van der Waals surface area contributed by atoms with Gasteiger partial charge in [-0.2, -0.15) is 0 Å². The minimum atomic E-state index is 0.164. The SMILES string of the molecule is O=C1/C(=C(/C=C(\c2ccccc2)N2CCCCC2)c2ccccc2)Cc2ccccc21. The summed E-state index contributed by atoms with van der Waals surface area (Å²) in [5.41, 5.74) is 7.45. The number of hydrogen-bond donors (Lipinski definition) is 0. The first kappa shape index (κ1) is 19.6. The molecule has 1 aliphatic carbocycles. The molecule has 1 fully saturated rings. The summed E-state index contributed by atoms with van der Waals surface area (Å²) in [5.74, 6) is 0.164. The fraction of sp³-hybridized carbons (Fsp3) is 0.207. The Labute approximate surface area is 184 Å². The van der Waals surface area contributed by atoms with Crippen LogP contribution in [0.25, 0.3) is 11.3 Å². The van der Waals surface area contributed by atoms with Crippen molar-refractivity contribution >= 4 is 17.1 Å². The highest BCUT2D eigenvalue weighted by atomic mass is 16.1. The number of ketones is 1. The van der Waals surface area contributed by atoms with Crippen molar-refractivity contribution in [2.45, 2.75) is 25.7 Å². The van der Waals surface area contributed by atoms with Gasteiger partial charge in [-0.3, -0.25) is 4.79 Å². The third-order valence-corrected chi connectivity index (χ3v) is 6.36. The molecule has 2 heteroatoms. The number of likely N-dealkylation sites (tertiary alicyclic amines) is 1. The number of nitrogens with zero attached hydrogens (tertiary/aromatic N) is 1. The fourth-order valence-electron chi connectivity index (χ4n) is 4.75. The first-order chi connectivity index (χ1) is 15.3. The second kappa shape index (κ2) is 8.77. The molecule has 3 aromatic rings. The highest BCUT2D eigenvalue weighted by Gasteiger charge is 2.28. The topological polar surface area (TPSA) is 20.3 Å². The van der Waals surface area contributed by atoms with Crippen LogP contribution in [0, 0.1) is 0 Å². The second-order valence-electron chi connectivity index (χ2n) is 8.36. The van der Waals surface area contributed by atoms with Gasteiger partial charge in [0.25, 0.3) is 0 Å². The molecule has 0 radical (unpaired) electrons. The third-order valence-electron chi connectivity index (χ3n) is 6.36. The molecule has 0 unspecified atom stereocenters. The van der Waals surface area contributed by atoms with Crippen molar-refractivity contribution in [2.24, 2.45) is 0 Å². The average molecular weight is 406 g/mol. The van der Waals surface area contributed by atoms with Crippen LogP contribution in [0.1, 0.15) is 46.3 Å². The van der Waals surface area contributed by atoms with Crippen molar-refractivity contribution in [3.8, 4) is 0 Å². The number of rotatable bonds is 4. The van der Waals surface area contributed by atoms with Crippen LogP contribution in [0.4, 0.5) is 0 Å². The van der Waals surface area contributed by atoms with Crippen molar-refractivity contribution in [2.75, 3.05) is 13.1 Å². The number of Topliss-reactive ketones (excluding diaryl/α,β-unsaturated/α-hetero) is 1. The van der Waals surface area contributed by atoms with Gasteiger partial charge in [0.15, 0.2) is 5.78 Å². The Kier molecular flexibility index (Phi) is 5.54. The maximum atomic E-state index is 13.4. The molecule has 2 aliphatic rings. The van der Waals surface area contributed by atoms with E-state index in [1.807, 2.05) is 24.3 Å². The van der Waals surface area contributed by atoms with Gasteiger partial charge in [-0.1, -0.05) is 84.9 Å². The molecule has 31 heavy (non-hydrogen) atoms. The van der Waals surface area contributed by atoms with E-state index in [9.17, 15) is 4.79 Å². The molecule has 0 aromatic heterocycles. The molecular formula is C29H27NO. The first-order valence-corrected chi connectivity index (χ1v) is 11.2. The minimum absolute atomic E-state index is 0.164. The van der Waals surface area contributed by atoms with Crippen molar-refractivity contribution in [3.63, 3.8) is 0 Å². The molecule has 0 N–H and O–H groups in total. The maximum absolute atomic E-state index is 13.4. The third kappa shape index (κ3) is 3.98. The molecule has 0 amide bonds. The summed E-state index contributed by atoms with van der Waals surface area (Å²) in [6.07, 6.45) is 6.68. The van der Waals surface area contributed by atoms with Gasteiger partial charge in [0.1, 0.15) is 0 Å². The summed E-state index contributed by atoms with van der Waals surface area (Å²) in [5, 5.41) is 0. The Morgan fingerprint density at radius 2 is 1.32 bits per heavy atom. The van der Waals surface area contributed by atoms with Gasteiger partial charge in [0.05, 0.1) is 0 Å². The number of allylic oxidation sites excluding steroid dienone is 3. The van der Waals surface area contributed by atoms with Crippen LogP contribution in [0.3, 0.4) is 0 Å². The lowest BCUT2D eigenvalue weighted by Crippen LogP contribution is -2.28. The number of carbonyl (C=O) groups excluding carboxylic acids is 1. The Morgan fingerprint density at radius 3 is 2.00 bits per heavy atom. The van der Waals surface area contributed by atoms with Crippen molar-refractivity contribution in [3.05, 3.63) is 119 Å². The molecular weight excluding hydrogens is 378 g/mol. The zero-order valence-electron chi connectivity index (χ0n) is 17.8. The summed E-state index contributed by atoms with van der Waals surface area (Å²) in [6, 6.07) is 29.0. The lowest BCUT2D eigenvalue weighted by Gasteiger charge is -2.32. The van der Waals surface area contributed by atoms with Gasteiger partial charge < -0.3 is 4.90 Å². The molecule has 0 saturated carbocycles. The number of fused-ring (bicyclic) bond motifs is 1. The van der Waals surface area contributed by atoms with Crippen LogP contribution in [0.2, 0.25) is 0 Å². The standard InChI is InChI=1S/C29H27NO/c31-29-25-17-9-8-16-24(25)20-27(29)26(22-12-4-1-5-13-22)21-28(23-14-6-2-7-15-23)30-18-10-3-11-19-30/h1-2,4-9,12-17,21H,3,10-11,18-20H2/b27-26-,28-21+. The van der Waals surface area contributed by atoms with Crippen LogP contribution < -0.4 is 0 Å². The summed E-state index contributed by atoms with van der Waals surface area (Å²) >= 11 is 0. The second-order valence-corrected chi connectivity index (χ2v) is 8.36. The zero-order valence-corrected chi connectivity index (χ0v) is 17.8. The number of piperidine rings is 1. The average Bonchev–Trinajstić information content (AvgIpc) is 3.18. The molecule has 0 spiro atoms. The molecule has 154 valence electrons. The Balaban J connectivity index is 1.69. The van der Waals surface area contributed by atoms with E-state index in [-0.39, 0.29) is 5.78 Å². The van der Waals surface area contributed by atoms with Crippen LogP contribution in [-0.4, -0.2) is 23.8 Å². The number of benzene rings is 3. The molecule has 0 atom stereocenters. The molecule has 1 heterocycles. The molecule has 2 nitrogen and oxygen atoms in total. The van der Waals surface area contributed by atoms with E-state index in [2.05, 4.69) is 71.6 Å². The smallest absolute Gasteiger partial charge is 0.190 e. The van der Waals surface area contributed by atoms with Gasteiger partial charge >= 0.3 is 0 Å². The van der Waals surface area contributed by atoms with Gasteiger partial charge in [-0.25, -0.2) is 0 Å². The maximum Gasteiger partial charge on any atom is 0.190 e.